The summed E-state index contributed by atoms with van der Waals surface area (Å²) in [6.45, 7) is 0.434. The molecule has 0 fully saturated rings. The summed E-state index contributed by atoms with van der Waals surface area (Å²) in [5.74, 6) is -1.54. The van der Waals surface area contributed by atoms with Crippen LogP contribution in [0.2, 0.25) is 0 Å². The van der Waals surface area contributed by atoms with Crippen molar-refractivity contribution in [3.8, 4) is 0 Å². The lowest BCUT2D eigenvalue weighted by Gasteiger charge is -2.07. The number of aromatic amines is 1. The van der Waals surface area contributed by atoms with Crippen molar-refractivity contribution in [1.29, 1.82) is 0 Å². The first kappa shape index (κ1) is 11.2. The van der Waals surface area contributed by atoms with Crippen LogP contribution in [0.15, 0.2) is 36.7 Å². The van der Waals surface area contributed by atoms with E-state index in [2.05, 4.69) is 10.3 Å². The van der Waals surface area contributed by atoms with Crippen molar-refractivity contribution in [2.45, 2.75) is 6.54 Å². The summed E-state index contributed by atoms with van der Waals surface area (Å²) in [4.78, 5) is 13.6. The number of carbonyl (C=O) groups is 1. The molecule has 5 heteroatoms. The van der Waals surface area contributed by atoms with Gasteiger partial charge < -0.3 is 15.4 Å². The fourth-order valence-electron chi connectivity index (χ4n) is 1.46. The van der Waals surface area contributed by atoms with Gasteiger partial charge in [-0.1, -0.05) is 0 Å². The predicted molar refractivity (Wildman–Crippen MR) is 61.5 cm³/mol. The van der Waals surface area contributed by atoms with Crippen LogP contribution in [0.5, 0.6) is 0 Å². The number of aromatic nitrogens is 1. The van der Waals surface area contributed by atoms with E-state index in [9.17, 15) is 9.18 Å². The Bertz CT molecular complexity index is 523. The Morgan fingerprint density at radius 1 is 1.41 bits per heavy atom. The Morgan fingerprint density at radius 2 is 2.24 bits per heavy atom. The normalized spacial score (nSPS) is 10.2. The number of rotatable bonds is 4. The highest BCUT2D eigenvalue weighted by Crippen LogP contribution is 2.17. The largest absolute Gasteiger partial charge is 0.478 e. The van der Waals surface area contributed by atoms with E-state index in [1.807, 2.05) is 6.07 Å². The molecule has 88 valence electrons. The number of anilines is 1. The quantitative estimate of drug-likeness (QED) is 0.761. The summed E-state index contributed by atoms with van der Waals surface area (Å²) < 4.78 is 13.4. The average molecular weight is 234 g/mol. The van der Waals surface area contributed by atoms with Crippen LogP contribution in [-0.2, 0) is 6.54 Å². The number of nitrogens with one attached hydrogen (secondary N) is 2. The van der Waals surface area contributed by atoms with Gasteiger partial charge in [0.25, 0.3) is 0 Å². The molecule has 1 heterocycles. The minimum atomic E-state index is -1.07. The zero-order valence-corrected chi connectivity index (χ0v) is 8.90. The molecular formula is C12H11FN2O2. The Kier molecular flexibility index (Phi) is 3.09. The van der Waals surface area contributed by atoms with Crippen molar-refractivity contribution in [3.05, 3.63) is 53.6 Å². The van der Waals surface area contributed by atoms with Crippen molar-refractivity contribution < 1.29 is 14.3 Å². The van der Waals surface area contributed by atoms with E-state index in [0.29, 0.717) is 6.54 Å². The van der Waals surface area contributed by atoms with Crippen LogP contribution in [0.3, 0.4) is 0 Å². The number of hydrogen-bond acceptors (Lipinski definition) is 2. The zero-order valence-electron chi connectivity index (χ0n) is 8.90. The van der Waals surface area contributed by atoms with Crippen molar-refractivity contribution >= 4 is 11.7 Å². The molecule has 0 bridgehead atoms. The molecule has 3 N–H and O–H groups in total. The highest BCUT2D eigenvalue weighted by molar-refractivity contribution is 5.88. The van der Waals surface area contributed by atoms with Crippen LogP contribution in [0.4, 0.5) is 10.1 Å². The van der Waals surface area contributed by atoms with Crippen LogP contribution >= 0.6 is 0 Å². The Balaban J connectivity index is 2.14. The summed E-state index contributed by atoms with van der Waals surface area (Å²) >= 11 is 0. The third-order valence-electron chi connectivity index (χ3n) is 2.36. The average Bonchev–Trinajstić information content (AvgIpc) is 2.80. The van der Waals surface area contributed by atoms with Gasteiger partial charge in [-0.05, 0) is 29.8 Å². The second kappa shape index (κ2) is 4.69. The third-order valence-corrected chi connectivity index (χ3v) is 2.36. The van der Waals surface area contributed by atoms with Gasteiger partial charge in [0.2, 0.25) is 0 Å². The number of aromatic carboxylic acids is 1. The van der Waals surface area contributed by atoms with E-state index < -0.39 is 11.8 Å². The van der Waals surface area contributed by atoms with E-state index in [0.717, 1.165) is 11.6 Å². The summed E-state index contributed by atoms with van der Waals surface area (Å²) in [6, 6.07) is 5.51. The molecule has 17 heavy (non-hydrogen) atoms. The molecule has 0 spiro atoms. The molecule has 1 aromatic carbocycles. The summed E-state index contributed by atoms with van der Waals surface area (Å²) in [7, 11) is 0. The zero-order chi connectivity index (χ0) is 12.3. The maximum Gasteiger partial charge on any atom is 0.335 e. The Labute approximate surface area is 97.1 Å². The molecule has 0 aliphatic rings. The number of halogens is 1. The lowest BCUT2D eigenvalue weighted by atomic mass is 10.2. The number of benzene rings is 1. The van der Waals surface area contributed by atoms with Crippen LogP contribution in [0.1, 0.15) is 15.9 Å². The van der Waals surface area contributed by atoms with Gasteiger partial charge in [-0.15, -0.1) is 0 Å². The molecule has 2 rings (SSSR count). The molecule has 0 saturated carbocycles. The van der Waals surface area contributed by atoms with Crippen LogP contribution in [0.25, 0.3) is 0 Å². The molecule has 1 aromatic heterocycles. The Hall–Kier alpha value is -2.30. The first-order valence-electron chi connectivity index (χ1n) is 5.05. The first-order valence-corrected chi connectivity index (χ1v) is 5.05. The molecule has 0 saturated heterocycles. The molecule has 0 unspecified atom stereocenters. The van der Waals surface area contributed by atoms with E-state index >= 15 is 0 Å². The summed E-state index contributed by atoms with van der Waals surface area (Å²) in [5, 5.41) is 11.6. The van der Waals surface area contributed by atoms with Gasteiger partial charge in [-0.3, -0.25) is 0 Å². The topological polar surface area (TPSA) is 65.1 Å². The number of H-pyrrole nitrogens is 1. The molecule has 0 aliphatic carbocycles. The minimum absolute atomic E-state index is 0.0583. The van der Waals surface area contributed by atoms with E-state index in [-0.39, 0.29) is 11.3 Å². The summed E-state index contributed by atoms with van der Waals surface area (Å²) in [5.41, 5.74) is 1.21. The lowest BCUT2D eigenvalue weighted by Crippen LogP contribution is -2.03. The van der Waals surface area contributed by atoms with Crippen molar-refractivity contribution in [2.75, 3.05) is 5.32 Å². The monoisotopic (exact) mass is 234 g/mol. The molecule has 4 nitrogen and oxygen atoms in total. The molecule has 2 aromatic rings. The second-order valence-corrected chi connectivity index (χ2v) is 3.57. The number of carboxylic acid groups (broad SMARTS) is 1. The van der Waals surface area contributed by atoms with E-state index in [1.54, 1.807) is 12.4 Å². The standard InChI is InChI=1S/C12H11FN2O2/c13-10-2-1-9(12(16)17)5-11(10)15-7-8-3-4-14-6-8/h1-6,14-15H,7H2,(H,16,17). The first-order chi connectivity index (χ1) is 8.16. The fraction of sp³-hybridized carbons (Fsp3) is 0.0833. The highest BCUT2D eigenvalue weighted by Gasteiger charge is 2.08. The van der Waals surface area contributed by atoms with Crippen LogP contribution in [0, 0.1) is 5.82 Å². The van der Waals surface area contributed by atoms with Gasteiger partial charge in [0.15, 0.2) is 0 Å². The van der Waals surface area contributed by atoms with Gasteiger partial charge in [-0.25, -0.2) is 9.18 Å². The molecule has 0 radical (unpaired) electrons. The van der Waals surface area contributed by atoms with Gasteiger partial charge in [0.1, 0.15) is 5.82 Å². The van der Waals surface area contributed by atoms with Gasteiger partial charge in [0, 0.05) is 18.9 Å². The second-order valence-electron chi connectivity index (χ2n) is 3.57. The Morgan fingerprint density at radius 3 is 2.88 bits per heavy atom. The van der Waals surface area contributed by atoms with Crippen molar-refractivity contribution in [3.63, 3.8) is 0 Å². The molecule has 0 aliphatic heterocycles. The van der Waals surface area contributed by atoms with E-state index in [4.69, 9.17) is 5.11 Å². The minimum Gasteiger partial charge on any atom is -0.478 e. The van der Waals surface area contributed by atoms with Gasteiger partial charge in [-0.2, -0.15) is 0 Å². The molecule has 0 amide bonds. The predicted octanol–water partition coefficient (Wildman–Crippen LogP) is 2.46. The van der Waals surface area contributed by atoms with Crippen LogP contribution in [-0.4, -0.2) is 16.1 Å². The highest BCUT2D eigenvalue weighted by atomic mass is 19.1. The van der Waals surface area contributed by atoms with Crippen LogP contribution < -0.4 is 5.32 Å². The molecular weight excluding hydrogens is 223 g/mol. The lowest BCUT2D eigenvalue weighted by molar-refractivity contribution is 0.0697. The van der Waals surface area contributed by atoms with Crippen molar-refractivity contribution in [2.24, 2.45) is 0 Å². The fourth-order valence-corrected chi connectivity index (χ4v) is 1.46. The van der Waals surface area contributed by atoms with Gasteiger partial charge >= 0.3 is 5.97 Å². The number of carboxylic acids is 1. The maximum absolute atomic E-state index is 13.4. The number of hydrogen-bond donors (Lipinski definition) is 3. The van der Waals surface area contributed by atoms with Crippen molar-refractivity contribution in [1.82, 2.24) is 4.98 Å². The summed E-state index contributed by atoms with van der Waals surface area (Å²) in [6.07, 6.45) is 3.55. The maximum atomic E-state index is 13.4. The van der Waals surface area contributed by atoms with Gasteiger partial charge in [0.05, 0.1) is 11.3 Å². The SMILES string of the molecule is O=C(O)c1ccc(F)c(NCc2cc[nH]c2)c1. The molecule has 0 atom stereocenters. The van der Waals surface area contributed by atoms with E-state index in [1.165, 1.54) is 12.1 Å². The third kappa shape index (κ3) is 2.63. The smallest absolute Gasteiger partial charge is 0.335 e.